The molecule has 0 atom stereocenters. The van der Waals surface area contributed by atoms with Gasteiger partial charge >= 0.3 is 0 Å². The van der Waals surface area contributed by atoms with Gasteiger partial charge in [0.25, 0.3) is 12.3 Å². The van der Waals surface area contributed by atoms with Crippen molar-refractivity contribution in [3.8, 4) is 0 Å². The molecule has 2 heterocycles. The Morgan fingerprint density at radius 2 is 2.20 bits per heavy atom. The van der Waals surface area contributed by atoms with Crippen molar-refractivity contribution in [2.75, 3.05) is 7.05 Å². The lowest BCUT2D eigenvalue weighted by atomic mass is 10.2. The molecule has 2 rings (SSSR count). The fraction of sp³-hybridized carbons (Fsp3) is 0.385. The van der Waals surface area contributed by atoms with Gasteiger partial charge in [0.15, 0.2) is 0 Å². The van der Waals surface area contributed by atoms with E-state index in [0.717, 1.165) is 14.4 Å². The highest BCUT2D eigenvalue weighted by Crippen LogP contribution is 2.24. The number of rotatable bonds is 4. The Morgan fingerprint density at radius 1 is 1.50 bits per heavy atom. The average molecular weight is 299 g/mol. The van der Waals surface area contributed by atoms with Crippen LogP contribution in [0, 0.1) is 6.92 Å². The van der Waals surface area contributed by atoms with Crippen molar-refractivity contribution in [1.29, 1.82) is 0 Å². The van der Waals surface area contributed by atoms with E-state index in [0.29, 0.717) is 6.54 Å². The summed E-state index contributed by atoms with van der Waals surface area (Å²) in [5, 5.41) is 3.74. The number of alkyl halides is 2. The third-order valence-electron chi connectivity index (χ3n) is 2.96. The predicted molar refractivity (Wildman–Crippen MR) is 73.0 cm³/mol. The van der Waals surface area contributed by atoms with Gasteiger partial charge in [-0.15, -0.1) is 11.3 Å². The number of thiophene rings is 1. The molecule has 0 aliphatic rings. The second kappa shape index (κ2) is 5.70. The quantitative estimate of drug-likeness (QED) is 0.870. The van der Waals surface area contributed by atoms with E-state index < -0.39 is 12.3 Å². The molecule has 0 aromatic carbocycles. The van der Waals surface area contributed by atoms with Crippen LogP contribution in [-0.2, 0) is 13.6 Å². The van der Waals surface area contributed by atoms with Crippen molar-refractivity contribution in [3.63, 3.8) is 0 Å². The zero-order valence-electron chi connectivity index (χ0n) is 11.4. The van der Waals surface area contributed by atoms with E-state index in [-0.39, 0.29) is 11.3 Å². The number of hydrogen-bond acceptors (Lipinski definition) is 3. The number of nitrogens with zero attached hydrogens (tertiary/aromatic N) is 3. The normalized spacial score (nSPS) is 11.1. The van der Waals surface area contributed by atoms with E-state index in [1.54, 1.807) is 18.4 Å². The van der Waals surface area contributed by atoms with Gasteiger partial charge in [-0.2, -0.15) is 5.10 Å². The Hall–Kier alpha value is -1.76. The van der Waals surface area contributed by atoms with Crippen molar-refractivity contribution in [2.45, 2.75) is 19.9 Å². The molecule has 0 spiro atoms. The van der Waals surface area contributed by atoms with E-state index in [9.17, 15) is 13.6 Å². The number of aromatic nitrogens is 2. The molecule has 4 nitrogen and oxygen atoms in total. The molecular weight excluding hydrogens is 284 g/mol. The maximum Gasteiger partial charge on any atom is 0.280 e. The van der Waals surface area contributed by atoms with Crippen LogP contribution in [0.1, 0.15) is 32.2 Å². The number of amides is 1. The van der Waals surface area contributed by atoms with E-state index in [2.05, 4.69) is 5.10 Å². The van der Waals surface area contributed by atoms with E-state index >= 15 is 0 Å². The molecule has 0 fully saturated rings. The van der Waals surface area contributed by atoms with Gasteiger partial charge in [0.05, 0.1) is 18.3 Å². The third-order valence-corrected chi connectivity index (χ3v) is 3.94. The minimum atomic E-state index is -2.72. The first-order valence-corrected chi connectivity index (χ1v) is 6.82. The standard InChI is InChI=1S/C13H15F2N3OS/c1-8-4-5-9(20-8)7-17(2)13(19)10-6-16-18(3)11(10)12(14)15/h4-6,12H,7H2,1-3H3. The van der Waals surface area contributed by atoms with Crippen molar-refractivity contribution < 1.29 is 13.6 Å². The Labute approximate surface area is 119 Å². The predicted octanol–water partition coefficient (Wildman–Crippen LogP) is 3.00. The minimum Gasteiger partial charge on any atom is -0.336 e. The van der Waals surface area contributed by atoms with Gasteiger partial charge in [-0.05, 0) is 19.1 Å². The first-order chi connectivity index (χ1) is 9.40. The molecule has 7 heteroatoms. The highest BCUT2D eigenvalue weighted by atomic mass is 32.1. The summed E-state index contributed by atoms with van der Waals surface area (Å²) in [6, 6.07) is 3.90. The van der Waals surface area contributed by atoms with Gasteiger partial charge in [0, 0.05) is 23.8 Å². The Bertz CT molecular complexity index is 621. The van der Waals surface area contributed by atoms with Crippen LogP contribution in [0.3, 0.4) is 0 Å². The molecule has 1 amide bonds. The number of aryl methyl sites for hydroxylation is 2. The van der Waals surface area contributed by atoms with Crippen molar-refractivity contribution >= 4 is 17.2 Å². The fourth-order valence-corrected chi connectivity index (χ4v) is 2.90. The molecule has 20 heavy (non-hydrogen) atoms. The SMILES string of the molecule is Cc1ccc(CN(C)C(=O)c2cnn(C)c2C(F)F)s1. The molecule has 108 valence electrons. The molecule has 2 aromatic heterocycles. The summed E-state index contributed by atoms with van der Waals surface area (Å²) in [6.07, 6.45) is -1.53. The van der Waals surface area contributed by atoms with Crippen LogP contribution in [0.5, 0.6) is 0 Å². The highest BCUT2D eigenvalue weighted by Gasteiger charge is 2.25. The van der Waals surface area contributed by atoms with Crippen molar-refractivity contribution in [1.82, 2.24) is 14.7 Å². The smallest absolute Gasteiger partial charge is 0.280 e. The Balaban J connectivity index is 2.18. The maximum atomic E-state index is 12.9. The lowest BCUT2D eigenvalue weighted by Gasteiger charge is -2.16. The van der Waals surface area contributed by atoms with Crippen molar-refractivity contribution in [3.05, 3.63) is 39.3 Å². The van der Waals surface area contributed by atoms with Gasteiger partial charge < -0.3 is 4.90 Å². The molecule has 0 radical (unpaired) electrons. The van der Waals surface area contributed by atoms with Crippen LogP contribution in [0.25, 0.3) is 0 Å². The summed E-state index contributed by atoms with van der Waals surface area (Å²) < 4.78 is 26.9. The molecule has 0 unspecified atom stereocenters. The van der Waals surface area contributed by atoms with Crippen molar-refractivity contribution in [2.24, 2.45) is 7.05 Å². The van der Waals surface area contributed by atoms with Gasteiger partial charge in [0.1, 0.15) is 5.69 Å². The minimum absolute atomic E-state index is 0.0433. The Kier molecular flexibility index (Phi) is 4.17. The van der Waals surface area contributed by atoms with Crippen LogP contribution in [0.15, 0.2) is 18.3 Å². The summed E-state index contributed by atoms with van der Waals surface area (Å²) in [5.74, 6) is -0.445. The van der Waals surface area contributed by atoms with Crippen LogP contribution < -0.4 is 0 Å². The summed E-state index contributed by atoms with van der Waals surface area (Å²) in [7, 11) is 3.00. The van der Waals surface area contributed by atoms with Gasteiger partial charge in [-0.25, -0.2) is 8.78 Å². The topological polar surface area (TPSA) is 38.1 Å². The first-order valence-electron chi connectivity index (χ1n) is 6.01. The zero-order chi connectivity index (χ0) is 14.9. The Morgan fingerprint density at radius 3 is 2.75 bits per heavy atom. The summed E-state index contributed by atoms with van der Waals surface area (Å²) in [4.78, 5) is 15.8. The zero-order valence-corrected chi connectivity index (χ0v) is 12.2. The lowest BCUT2D eigenvalue weighted by molar-refractivity contribution is 0.0771. The fourth-order valence-electron chi connectivity index (χ4n) is 1.95. The first kappa shape index (κ1) is 14.6. The van der Waals surface area contributed by atoms with Gasteiger partial charge in [0.2, 0.25) is 0 Å². The molecular formula is C13H15F2N3OS. The largest absolute Gasteiger partial charge is 0.336 e. The molecule has 0 saturated heterocycles. The van der Waals surface area contributed by atoms with E-state index in [1.165, 1.54) is 18.1 Å². The van der Waals surface area contributed by atoms with Gasteiger partial charge in [-0.1, -0.05) is 0 Å². The molecule has 0 N–H and O–H groups in total. The number of carbonyl (C=O) groups excluding carboxylic acids is 1. The number of hydrogen-bond donors (Lipinski definition) is 0. The molecule has 0 aliphatic heterocycles. The van der Waals surface area contributed by atoms with Crippen LogP contribution in [-0.4, -0.2) is 27.6 Å². The maximum absolute atomic E-state index is 12.9. The van der Waals surface area contributed by atoms with E-state index in [1.807, 2.05) is 19.1 Å². The average Bonchev–Trinajstić information content (AvgIpc) is 2.94. The molecule has 0 saturated carbocycles. The van der Waals surface area contributed by atoms with Crippen LogP contribution in [0.2, 0.25) is 0 Å². The molecule has 0 aliphatic carbocycles. The van der Waals surface area contributed by atoms with Crippen LogP contribution >= 0.6 is 11.3 Å². The lowest BCUT2D eigenvalue weighted by Crippen LogP contribution is -2.26. The second-order valence-electron chi connectivity index (χ2n) is 4.54. The monoisotopic (exact) mass is 299 g/mol. The number of halogens is 2. The highest BCUT2D eigenvalue weighted by molar-refractivity contribution is 7.11. The summed E-state index contributed by atoms with van der Waals surface area (Å²) in [5.41, 5.74) is -0.387. The van der Waals surface area contributed by atoms with E-state index in [4.69, 9.17) is 0 Å². The summed E-state index contributed by atoms with van der Waals surface area (Å²) in [6.45, 7) is 2.38. The molecule has 2 aromatic rings. The number of carbonyl (C=O) groups is 1. The van der Waals surface area contributed by atoms with Crippen LogP contribution in [0.4, 0.5) is 8.78 Å². The second-order valence-corrected chi connectivity index (χ2v) is 5.91. The third kappa shape index (κ3) is 2.87. The van der Waals surface area contributed by atoms with Gasteiger partial charge in [-0.3, -0.25) is 9.48 Å². The molecule has 0 bridgehead atoms. The summed E-state index contributed by atoms with van der Waals surface area (Å²) >= 11 is 1.58.